The van der Waals surface area contributed by atoms with Crippen LogP contribution in [0.4, 0.5) is 5.69 Å². The van der Waals surface area contributed by atoms with Gasteiger partial charge in [0.1, 0.15) is 0 Å². The van der Waals surface area contributed by atoms with Gasteiger partial charge in [0.05, 0.1) is 11.5 Å². The Morgan fingerprint density at radius 1 is 1.10 bits per heavy atom. The molecule has 2 heterocycles. The van der Waals surface area contributed by atoms with Gasteiger partial charge in [0.15, 0.2) is 9.84 Å². The van der Waals surface area contributed by atoms with Gasteiger partial charge >= 0.3 is 0 Å². The summed E-state index contributed by atoms with van der Waals surface area (Å²) in [6, 6.07) is 9.30. The van der Waals surface area contributed by atoms with Crippen LogP contribution in [0, 0.1) is 0 Å². The maximum atomic E-state index is 11.5. The Morgan fingerprint density at radius 2 is 1.76 bits per heavy atom. The molecule has 3 rings (SSSR count). The topological polar surface area (TPSA) is 40.6 Å². The molecule has 1 unspecified atom stereocenters. The van der Waals surface area contributed by atoms with Crippen molar-refractivity contribution in [1.29, 1.82) is 0 Å². The number of rotatable bonds is 3. The molecule has 2 aliphatic heterocycles. The molecule has 0 spiro atoms. The molecule has 4 nitrogen and oxygen atoms in total. The van der Waals surface area contributed by atoms with Crippen molar-refractivity contribution in [3.05, 3.63) is 29.8 Å². The molecule has 0 aromatic heterocycles. The van der Waals surface area contributed by atoms with Gasteiger partial charge in [-0.25, -0.2) is 8.42 Å². The van der Waals surface area contributed by atoms with Crippen molar-refractivity contribution in [2.45, 2.75) is 25.8 Å². The van der Waals surface area contributed by atoms with Crippen LogP contribution in [0.15, 0.2) is 24.3 Å². The summed E-state index contributed by atoms with van der Waals surface area (Å²) >= 11 is 0. The Labute approximate surface area is 127 Å². The zero-order chi connectivity index (χ0) is 14.9. The van der Waals surface area contributed by atoms with E-state index in [1.165, 1.54) is 24.9 Å². The van der Waals surface area contributed by atoms with Gasteiger partial charge in [-0.15, -0.1) is 0 Å². The van der Waals surface area contributed by atoms with Crippen molar-refractivity contribution in [3.8, 4) is 0 Å². The van der Waals surface area contributed by atoms with Crippen LogP contribution in [-0.2, 0) is 9.84 Å². The summed E-state index contributed by atoms with van der Waals surface area (Å²) in [5, 5.41) is 0. The number of sulfone groups is 1. The van der Waals surface area contributed by atoms with Crippen molar-refractivity contribution in [2.75, 3.05) is 42.6 Å². The van der Waals surface area contributed by atoms with E-state index >= 15 is 0 Å². The van der Waals surface area contributed by atoms with E-state index in [2.05, 4.69) is 41.0 Å². The minimum absolute atomic E-state index is 0.279. The van der Waals surface area contributed by atoms with Gasteiger partial charge in [0.25, 0.3) is 0 Å². The molecule has 1 aromatic carbocycles. The van der Waals surface area contributed by atoms with Crippen molar-refractivity contribution < 1.29 is 8.42 Å². The molecule has 0 N–H and O–H groups in total. The lowest BCUT2D eigenvalue weighted by molar-refractivity contribution is 0.271. The smallest absolute Gasteiger partial charge is 0.153 e. The third-order valence-electron chi connectivity index (χ3n) is 4.76. The zero-order valence-corrected chi connectivity index (χ0v) is 13.5. The number of hydrogen-bond donors (Lipinski definition) is 0. The lowest BCUT2D eigenvalue weighted by atomic mass is 10.0. The summed E-state index contributed by atoms with van der Waals surface area (Å²) in [7, 11) is -2.80. The van der Waals surface area contributed by atoms with Crippen molar-refractivity contribution in [1.82, 2.24) is 4.90 Å². The average Bonchev–Trinajstić information content (AvgIpc) is 2.96. The first-order valence-corrected chi connectivity index (χ1v) is 9.70. The highest BCUT2D eigenvalue weighted by Crippen LogP contribution is 2.32. The van der Waals surface area contributed by atoms with Gasteiger partial charge in [-0.3, -0.25) is 4.90 Å². The first-order chi connectivity index (χ1) is 10.1. The summed E-state index contributed by atoms with van der Waals surface area (Å²) in [6.45, 7) is 5.77. The molecule has 0 bridgehead atoms. The van der Waals surface area contributed by atoms with E-state index in [0.29, 0.717) is 19.1 Å². The monoisotopic (exact) mass is 308 g/mol. The van der Waals surface area contributed by atoms with Crippen molar-refractivity contribution in [2.24, 2.45) is 0 Å². The van der Waals surface area contributed by atoms with E-state index in [1.807, 2.05) is 0 Å². The fourth-order valence-electron chi connectivity index (χ4n) is 3.46. The van der Waals surface area contributed by atoms with Gasteiger partial charge in [-0.1, -0.05) is 19.1 Å². The van der Waals surface area contributed by atoms with E-state index in [9.17, 15) is 8.42 Å². The van der Waals surface area contributed by atoms with E-state index < -0.39 is 9.84 Å². The fraction of sp³-hybridized carbons (Fsp3) is 0.625. The first kappa shape index (κ1) is 14.9. The second-order valence-electron chi connectivity index (χ2n) is 6.02. The predicted octanol–water partition coefficient (Wildman–Crippen LogP) is 2.08. The number of anilines is 1. The molecule has 21 heavy (non-hydrogen) atoms. The largest absolute Gasteiger partial charge is 0.369 e. The maximum absolute atomic E-state index is 11.5. The van der Waals surface area contributed by atoms with Crippen LogP contribution >= 0.6 is 0 Å². The number of likely N-dealkylation sites (tertiary alicyclic amines) is 1. The zero-order valence-electron chi connectivity index (χ0n) is 12.7. The quantitative estimate of drug-likeness (QED) is 0.857. The molecule has 2 aliphatic rings. The van der Waals surface area contributed by atoms with Gasteiger partial charge in [-0.2, -0.15) is 0 Å². The molecule has 5 heteroatoms. The molecule has 1 atom stereocenters. The van der Waals surface area contributed by atoms with Gasteiger partial charge < -0.3 is 4.90 Å². The summed E-state index contributed by atoms with van der Waals surface area (Å²) < 4.78 is 23.0. The molecule has 1 aromatic rings. The van der Waals surface area contributed by atoms with Crippen LogP contribution < -0.4 is 4.90 Å². The average molecular weight is 308 g/mol. The summed E-state index contributed by atoms with van der Waals surface area (Å²) in [4.78, 5) is 4.71. The molecule has 2 fully saturated rings. The van der Waals surface area contributed by atoms with Crippen molar-refractivity contribution in [3.63, 3.8) is 0 Å². The highest BCUT2D eigenvalue weighted by molar-refractivity contribution is 7.91. The molecule has 0 amide bonds. The summed E-state index contributed by atoms with van der Waals surface area (Å²) in [6.07, 6.45) is 2.53. The minimum atomic E-state index is -2.80. The Kier molecular flexibility index (Phi) is 4.22. The molecular formula is C16H24N2O2S. The highest BCUT2D eigenvalue weighted by Gasteiger charge is 2.25. The lowest BCUT2D eigenvalue weighted by Gasteiger charge is -2.29. The molecule has 2 saturated heterocycles. The van der Waals surface area contributed by atoms with Crippen LogP contribution in [0.25, 0.3) is 0 Å². The molecular weight excluding hydrogens is 284 g/mol. The predicted molar refractivity (Wildman–Crippen MR) is 86.5 cm³/mol. The highest BCUT2D eigenvalue weighted by atomic mass is 32.2. The minimum Gasteiger partial charge on any atom is -0.369 e. The Balaban J connectivity index is 1.70. The molecule has 0 radical (unpaired) electrons. The maximum Gasteiger partial charge on any atom is 0.153 e. The van der Waals surface area contributed by atoms with Crippen LogP contribution in [0.3, 0.4) is 0 Å². The fourth-order valence-corrected chi connectivity index (χ4v) is 4.66. The van der Waals surface area contributed by atoms with E-state index in [0.717, 1.165) is 12.2 Å². The molecule has 0 aliphatic carbocycles. The number of nitrogens with zero attached hydrogens (tertiary/aromatic N) is 2. The van der Waals surface area contributed by atoms with Gasteiger partial charge in [-0.05, 0) is 43.6 Å². The standard InChI is InChI=1S/C16H24N2O2S/c1-2-17-9-3-4-16(17)14-5-7-15(8-6-14)18-10-12-21(19,20)13-11-18/h5-8,16H,2-4,9-13H2,1H3. The van der Waals surface area contributed by atoms with Gasteiger partial charge in [0, 0.05) is 24.8 Å². The Bertz CT molecular complexity index is 569. The Morgan fingerprint density at radius 3 is 2.38 bits per heavy atom. The second kappa shape index (κ2) is 5.97. The van der Waals surface area contributed by atoms with Crippen LogP contribution in [-0.4, -0.2) is 51.0 Å². The van der Waals surface area contributed by atoms with E-state index in [-0.39, 0.29) is 11.5 Å². The SMILES string of the molecule is CCN1CCCC1c1ccc(N2CCS(=O)(=O)CC2)cc1. The third kappa shape index (κ3) is 3.24. The summed E-state index contributed by atoms with van der Waals surface area (Å²) in [5.41, 5.74) is 2.54. The third-order valence-corrected chi connectivity index (χ3v) is 6.37. The van der Waals surface area contributed by atoms with E-state index in [4.69, 9.17) is 0 Å². The lowest BCUT2D eigenvalue weighted by Crippen LogP contribution is -2.40. The van der Waals surface area contributed by atoms with E-state index in [1.54, 1.807) is 0 Å². The Hall–Kier alpha value is -1.07. The van der Waals surface area contributed by atoms with Crippen LogP contribution in [0.1, 0.15) is 31.4 Å². The van der Waals surface area contributed by atoms with Crippen molar-refractivity contribution >= 4 is 15.5 Å². The first-order valence-electron chi connectivity index (χ1n) is 7.88. The summed E-state index contributed by atoms with van der Waals surface area (Å²) in [5.74, 6) is 0.558. The molecule has 116 valence electrons. The van der Waals surface area contributed by atoms with Crippen LogP contribution in [0.2, 0.25) is 0 Å². The van der Waals surface area contributed by atoms with Crippen LogP contribution in [0.5, 0.6) is 0 Å². The number of hydrogen-bond acceptors (Lipinski definition) is 4. The normalized spacial score (nSPS) is 26.1. The second-order valence-corrected chi connectivity index (χ2v) is 8.32. The molecule has 0 saturated carbocycles. The number of benzene rings is 1. The van der Waals surface area contributed by atoms with Gasteiger partial charge in [0.2, 0.25) is 0 Å².